The summed E-state index contributed by atoms with van der Waals surface area (Å²) in [4.78, 5) is 0.0641. The Balaban J connectivity index is 1.71. The highest BCUT2D eigenvalue weighted by Gasteiger charge is 2.16. The molecule has 2 rings (SSSR count). The first-order valence-electron chi connectivity index (χ1n) is 11.0. The normalized spacial score (nSPS) is 11.9. The van der Waals surface area contributed by atoms with Crippen LogP contribution in [0.4, 0.5) is 0 Å². The Labute approximate surface area is 171 Å². The molecule has 0 aliphatic carbocycles. The van der Waals surface area contributed by atoms with Crippen LogP contribution in [0.3, 0.4) is 0 Å². The van der Waals surface area contributed by atoms with Gasteiger partial charge in [-0.3, -0.25) is 4.55 Å². The Kier molecular flexibility index (Phi) is 10.0. The van der Waals surface area contributed by atoms with Gasteiger partial charge in [-0.2, -0.15) is 8.42 Å². The van der Waals surface area contributed by atoms with Gasteiger partial charge < -0.3 is 0 Å². The Morgan fingerprint density at radius 3 is 1.68 bits per heavy atom. The van der Waals surface area contributed by atoms with Crippen LogP contribution in [0.25, 0.3) is 10.8 Å². The van der Waals surface area contributed by atoms with E-state index in [1.165, 1.54) is 64.2 Å². The third-order valence-electron chi connectivity index (χ3n) is 5.51. The fourth-order valence-electron chi connectivity index (χ4n) is 3.86. The van der Waals surface area contributed by atoms with E-state index in [0.717, 1.165) is 29.2 Å². The van der Waals surface area contributed by atoms with E-state index in [0.29, 0.717) is 6.42 Å². The number of aryl methyl sites for hydroxylation is 1. The Morgan fingerprint density at radius 1 is 0.714 bits per heavy atom. The van der Waals surface area contributed by atoms with Gasteiger partial charge in [0.05, 0.1) is 4.90 Å². The van der Waals surface area contributed by atoms with E-state index in [4.69, 9.17) is 0 Å². The van der Waals surface area contributed by atoms with Crippen molar-refractivity contribution < 1.29 is 13.0 Å². The average molecular weight is 405 g/mol. The first-order chi connectivity index (χ1) is 13.5. The molecular weight excluding hydrogens is 368 g/mol. The summed E-state index contributed by atoms with van der Waals surface area (Å²) < 4.78 is 33.1. The Bertz CT molecular complexity index is 812. The average Bonchev–Trinajstić information content (AvgIpc) is 2.67. The zero-order valence-electron chi connectivity index (χ0n) is 17.3. The molecule has 0 saturated carbocycles. The van der Waals surface area contributed by atoms with Crippen LogP contribution in [0, 0.1) is 0 Å². The first kappa shape index (κ1) is 22.9. The summed E-state index contributed by atoms with van der Waals surface area (Å²) in [5, 5.41) is 1.86. The van der Waals surface area contributed by atoms with E-state index in [2.05, 4.69) is 6.92 Å². The van der Waals surface area contributed by atoms with Crippen LogP contribution in [0.5, 0.6) is 0 Å². The lowest BCUT2D eigenvalue weighted by Crippen LogP contribution is -2.03. The second-order valence-corrected chi connectivity index (χ2v) is 9.31. The molecule has 156 valence electrons. The summed E-state index contributed by atoms with van der Waals surface area (Å²) in [5.41, 5.74) is 0.730. The topological polar surface area (TPSA) is 54.4 Å². The summed E-state index contributed by atoms with van der Waals surface area (Å²) in [6, 6.07) is 11.2. The molecule has 0 fully saturated rings. The van der Waals surface area contributed by atoms with E-state index in [-0.39, 0.29) is 4.90 Å². The molecule has 0 bridgehead atoms. The van der Waals surface area contributed by atoms with Crippen molar-refractivity contribution in [3.63, 3.8) is 0 Å². The molecule has 0 aliphatic rings. The maximum Gasteiger partial charge on any atom is 0.294 e. The fraction of sp³-hybridized carbons (Fsp3) is 0.583. The molecule has 0 amide bonds. The van der Waals surface area contributed by atoms with Gasteiger partial charge >= 0.3 is 0 Å². The highest BCUT2D eigenvalue weighted by molar-refractivity contribution is 7.85. The van der Waals surface area contributed by atoms with Gasteiger partial charge in [0.15, 0.2) is 0 Å². The highest BCUT2D eigenvalue weighted by Crippen LogP contribution is 2.25. The monoisotopic (exact) mass is 404 g/mol. The molecule has 1 N–H and O–H groups in total. The lowest BCUT2D eigenvalue weighted by Gasteiger charge is -2.10. The number of rotatable bonds is 14. The number of fused-ring (bicyclic) bond motifs is 1. The predicted octanol–water partition coefficient (Wildman–Crippen LogP) is 7.33. The van der Waals surface area contributed by atoms with Crippen molar-refractivity contribution in [3.8, 4) is 0 Å². The zero-order chi connectivity index (χ0) is 20.2. The minimum atomic E-state index is -4.19. The molecule has 0 aliphatic heterocycles. The third kappa shape index (κ3) is 7.92. The van der Waals surface area contributed by atoms with Crippen LogP contribution in [-0.2, 0) is 16.5 Å². The van der Waals surface area contributed by atoms with Crippen molar-refractivity contribution in [2.45, 2.75) is 95.3 Å². The lowest BCUT2D eigenvalue weighted by molar-refractivity contribution is 0.481. The first-order valence-corrected chi connectivity index (χ1v) is 12.5. The minimum Gasteiger partial charge on any atom is -0.282 e. The van der Waals surface area contributed by atoms with Crippen molar-refractivity contribution in [2.75, 3.05) is 0 Å². The van der Waals surface area contributed by atoms with Gasteiger partial charge in [-0.1, -0.05) is 102 Å². The van der Waals surface area contributed by atoms with Crippen molar-refractivity contribution >= 4 is 20.9 Å². The van der Waals surface area contributed by atoms with Gasteiger partial charge in [0.25, 0.3) is 10.1 Å². The van der Waals surface area contributed by atoms with Crippen LogP contribution >= 0.6 is 0 Å². The molecule has 0 atom stereocenters. The summed E-state index contributed by atoms with van der Waals surface area (Å²) in [7, 11) is -4.19. The van der Waals surface area contributed by atoms with Crippen LogP contribution < -0.4 is 0 Å². The Morgan fingerprint density at radius 2 is 1.18 bits per heavy atom. The van der Waals surface area contributed by atoms with Gasteiger partial charge in [0.2, 0.25) is 0 Å². The standard InChI is InChI=1S/C24H36O3S/c1-2-3-4-5-6-7-8-9-10-11-12-13-18-23-19-21-16-14-15-17-22(21)20-24(23)28(25,26)27/h14-17,19-20H,2-13,18H2,1H3,(H,25,26,27). The quantitative estimate of drug-likeness (QED) is 0.265. The lowest BCUT2D eigenvalue weighted by atomic mass is 10.0. The van der Waals surface area contributed by atoms with Crippen molar-refractivity contribution in [3.05, 3.63) is 42.0 Å². The smallest absolute Gasteiger partial charge is 0.282 e. The molecule has 2 aromatic carbocycles. The minimum absolute atomic E-state index is 0.0641. The van der Waals surface area contributed by atoms with E-state index >= 15 is 0 Å². The fourth-order valence-corrected chi connectivity index (χ4v) is 4.63. The largest absolute Gasteiger partial charge is 0.294 e. The molecule has 0 heterocycles. The summed E-state index contributed by atoms with van der Waals surface area (Å²) in [6.45, 7) is 2.25. The molecule has 0 radical (unpaired) electrons. The molecule has 2 aromatic rings. The predicted molar refractivity (Wildman–Crippen MR) is 119 cm³/mol. The van der Waals surface area contributed by atoms with E-state index < -0.39 is 10.1 Å². The zero-order valence-corrected chi connectivity index (χ0v) is 18.1. The van der Waals surface area contributed by atoms with Crippen LogP contribution in [0.1, 0.15) is 89.5 Å². The van der Waals surface area contributed by atoms with Gasteiger partial charge in [0, 0.05) is 0 Å². The Hall–Kier alpha value is -1.39. The molecule has 4 heteroatoms. The highest BCUT2D eigenvalue weighted by atomic mass is 32.2. The SMILES string of the molecule is CCCCCCCCCCCCCCc1cc2ccccc2cc1S(=O)(=O)O. The summed E-state index contributed by atoms with van der Waals surface area (Å²) in [6.07, 6.45) is 16.0. The molecule has 0 aromatic heterocycles. The van der Waals surface area contributed by atoms with Crippen molar-refractivity contribution in [1.82, 2.24) is 0 Å². The molecule has 0 spiro atoms. The molecule has 28 heavy (non-hydrogen) atoms. The van der Waals surface area contributed by atoms with Crippen LogP contribution in [-0.4, -0.2) is 13.0 Å². The van der Waals surface area contributed by atoms with Crippen LogP contribution in [0.2, 0.25) is 0 Å². The third-order valence-corrected chi connectivity index (χ3v) is 6.44. The van der Waals surface area contributed by atoms with Crippen molar-refractivity contribution in [2.24, 2.45) is 0 Å². The van der Waals surface area contributed by atoms with Gasteiger partial charge in [-0.25, -0.2) is 0 Å². The second kappa shape index (κ2) is 12.2. The maximum atomic E-state index is 11.8. The number of unbranched alkanes of at least 4 members (excludes halogenated alkanes) is 11. The molecule has 3 nitrogen and oxygen atoms in total. The van der Waals surface area contributed by atoms with E-state index in [1.54, 1.807) is 6.07 Å². The van der Waals surface area contributed by atoms with E-state index in [1.807, 2.05) is 30.3 Å². The maximum absolute atomic E-state index is 11.8. The molecular formula is C24H36O3S. The van der Waals surface area contributed by atoms with Gasteiger partial charge in [0.1, 0.15) is 0 Å². The van der Waals surface area contributed by atoms with Crippen LogP contribution in [0.15, 0.2) is 41.3 Å². The van der Waals surface area contributed by atoms with E-state index in [9.17, 15) is 13.0 Å². The number of hydrogen-bond acceptors (Lipinski definition) is 2. The van der Waals surface area contributed by atoms with Gasteiger partial charge in [-0.05, 0) is 41.3 Å². The summed E-state index contributed by atoms with van der Waals surface area (Å²) in [5.74, 6) is 0. The van der Waals surface area contributed by atoms with Crippen molar-refractivity contribution in [1.29, 1.82) is 0 Å². The number of benzene rings is 2. The molecule has 0 saturated heterocycles. The summed E-state index contributed by atoms with van der Waals surface area (Å²) >= 11 is 0. The second-order valence-electron chi connectivity index (χ2n) is 7.92. The molecule has 0 unspecified atom stereocenters. The number of hydrogen-bond donors (Lipinski definition) is 1. The van der Waals surface area contributed by atoms with Gasteiger partial charge in [-0.15, -0.1) is 0 Å².